The van der Waals surface area contributed by atoms with E-state index in [1.165, 1.54) is 0 Å². The summed E-state index contributed by atoms with van der Waals surface area (Å²) in [6, 6.07) is 0. The van der Waals surface area contributed by atoms with E-state index in [-0.39, 0.29) is 11.8 Å². The second-order valence-electron chi connectivity index (χ2n) is 2.53. The van der Waals surface area contributed by atoms with Crippen molar-refractivity contribution in [1.82, 2.24) is 10.9 Å². The topological polar surface area (TPSA) is 67.2 Å². The third kappa shape index (κ3) is 1.97. The number of hydrogen-bond acceptors (Lipinski definition) is 3. The first-order valence-electron chi connectivity index (χ1n) is 3.56. The van der Waals surface area contributed by atoms with Gasteiger partial charge in [0.15, 0.2) is 0 Å². The molecule has 0 unspecified atom stereocenters. The maximum atomic E-state index is 10.7. The van der Waals surface area contributed by atoms with Crippen molar-refractivity contribution in [2.75, 3.05) is 13.1 Å². The van der Waals surface area contributed by atoms with Crippen LogP contribution in [0.2, 0.25) is 0 Å². The molecule has 0 radical (unpaired) electrons. The molecule has 1 aliphatic rings. The van der Waals surface area contributed by atoms with E-state index >= 15 is 0 Å². The quantitative estimate of drug-likeness (QED) is 0.440. The zero-order valence-corrected chi connectivity index (χ0v) is 5.89. The molecule has 58 valence electrons. The van der Waals surface area contributed by atoms with Gasteiger partial charge < -0.3 is 5.73 Å². The highest BCUT2D eigenvalue weighted by Crippen LogP contribution is 2.07. The summed E-state index contributed by atoms with van der Waals surface area (Å²) in [6.07, 6.45) is 1.70. The second kappa shape index (κ2) is 3.53. The van der Waals surface area contributed by atoms with Gasteiger partial charge in [-0.05, 0) is 12.8 Å². The third-order valence-electron chi connectivity index (χ3n) is 1.76. The summed E-state index contributed by atoms with van der Waals surface area (Å²) < 4.78 is 0. The van der Waals surface area contributed by atoms with Crippen LogP contribution in [0.1, 0.15) is 12.8 Å². The molecule has 0 bridgehead atoms. The Hall–Kier alpha value is -0.610. The van der Waals surface area contributed by atoms with Crippen LogP contribution < -0.4 is 16.6 Å². The van der Waals surface area contributed by atoms with Gasteiger partial charge in [0.05, 0.1) is 0 Å². The first-order chi connectivity index (χ1) is 4.80. The Morgan fingerprint density at radius 3 is 2.20 bits per heavy atom. The van der Waals surface area contributed by atoms with Gasteiger partial charge in [-0.2, -0.15) is 0 Å². The van der Waals surface area contributed by atoms with Gasteiger partial charge in [0.2, 0.25) is 5.91 Å². The van der Waals surface area contributed by atoms with Crippen molar-refractivity contribution >= 4 is 5.91 Å². The molecule has 0 aromatic rings. The van der Waals surface area contributed by atoms with Gasteiger partial charge in [-0.15, -0.1) is 0 Å². The molecule has 1 amide bonds. The molecular weight excluding hydrogens is 130 g/mol. The van der Waals surface area contributed by atoms with Crippen LogP contribution in [0, 0.1) is 5.92 Å². The molecule has 1 fully saturated rings. The highest BCUT2D eigenvalue weighted by molar-refractivity contribution is 5.76. The summed E-state index contributed by atoms with van der Waals surface area (Å²) in [5.41, 5.74) is 11.1. The summed E-state index contributed by atoms with van der Waals surface area (Å²) in [5, 5.41) is 0. The Labute approximate surface area is 60.1 Å². The van der Waals surface area contributed by atoms with Gasteiger partial charge in [-0.1, -0.05) is 0 Å². The van der Waals surface area contributed by atoms with Gasteiger partial charge in [0, 0.05) is 19.0 Å². The van der Waals surface area contributed by atoms with Crippen LogP contribution in [-0.4, -0.2) is 19.0 Å². The molecule has 0 aliphatic carbocycles. The molecule has 1 rings (SSSR count). The minimum absolute atomic E-state index is 0.0579. The lowest BCUT2D eigenvalue weighted by Gasteiger charge is -2.06. The summed E-state index contributed by atoms with van der Waals surface area (Å²) in [5.74, 6) is -0.118. The standard InChI is InChI=1S/C6H13N3O/c7-6(10)5-1-3-8-9-4-2-5/h5,8-9H,1-4H2,(H2,7,10). The van der Waals surface area contributed by atoms with Gasteiger partial charge in [-0.3, -0.25) is 15.6 Å². The SMILES string of the molecule is NC(=O)C1CCNNCC1. The maximum absolute atomic E-state index is 10.7. The van der Waals surface area contributed by atoms with E-state index in [4.69, 9.17) is 5.73 Å². The van der Waals surface area contributed by atoms with Crippen LogP contribution in [0.4, 0.5) is 0 Å². The van der Waals surface area contributed by atoms with E-state index in [2.05, 4.69) is 10.9 Å². The molecule has 1 saturated heterocycles. The van der Waals surface area contributed by atoms with Crippen molar-refractivity contribution < 1.29 is 4.79 Å². The van der Waals surface area contributed by atoms with E-state index in [9.17, 15) is 4.79 Å². The van der Waals surface area contributed by atoms with Crippen molar-refractivity contribution in [2.45, 2.75) is 12.8 Å². The monoisotopic (exact) mass is 143 g/mol. The first-order valence-corrected chi connectivity index (χ1v) is 3.56. The zero-order chi connectivity index (χ0) is 7.40. The molecule has 0 aromatic heterocycles. The lowest BCUT2D eigenvalue weighted by molar-refractivity contribution is -0.122. The van der Waals surface area contributed by atoms with Crippen LogP contribution in [0.25, 0.3) is 0 Å². The fourth-order valence-electron chi connectivity index (χ4n) is 1.10. The third-order valence-corrected chi connectivity index (χ3v) is 1.76. The molecule has 4 heteroatoms. The summed E-state index contributed by atoms with van der Waals surface area (Å²) in [6.45, 7) is 1.65. The van der Waals surface area contributed by atoms with Crippen LogP contribution in [0.3, 0.4) is 0 Å². The number of primary amides is 1. The van der Waals surface area contributed by atoms with Crippen molar-refractivity contribution in [3.05, 3.63) is 0 Å². The number of rotatable bonds is 1. The van der Waals surface area contributed by atoms with Crippen molar-refractivity contribution in [3.8, 4) is 0 Å². The van der Waals surface area contributed by atoms with Crippen LogP contribution in [0.15, 0.2) is 0 Å². The Balaban J connectivity index is 2.35. The molecule has 4 nitrogen and oxygen atoms in total. The Morgan fingerprint density at radius 2 is 1.80 bits per heavy atom. The van der Waals surface area contributed by atoms with E-state index in [0.717, 1.165) is 25.9 Å². The molecule has 10 heavy (non-hydrogen) atoms. The predicted molar refractivity (Wildman–Crippen MR) is 37.9 cm³/mol. The highest BCUT2D eigenvalue weighted by Gasteiger charge is 2.15. The van der Waals surface area contributed by atoms with Crippen molar-refractivity contribution in [3.63, 3.8) is 0 Å². The molecule has 0 saturated carbocycles. The predicted octanol–water partition coefficient (Wildman–Crippen LogP) is -1.02. The van der Waals surface area contributed by atoms with Crippen LogP contribution >= 0.6 is 0 Å². The van der Waals surface area contributed by atoms with E-state index in [1.54, 1.807) is 0 Å². The Bertz CT molecular complexity index is 118. The lowest BCUT2D eigenvalue weighted by Crippen LogP contribution is -2.30. The van der Waals surface area contributed by atoms with Crippen LogP contribution in [0.5, 0.6) is 0 Å². The van der Waals surface area contributed by atoms with Gasteiger partial charge in [0.25, 0.3) is 0 Å². The average Bonchev–Trinajstić information content (AvgIpc) is 2.12. The Kier molecular flexibility index (Phi) is 2.65. The molecule has 1 heterocycles. The summed E-state index contributed by atoms with van der Waals surface area (Å²) >= 11 is 0. The largest absolute Gasteiger partial charge is 0.369 e. The van der Waals surface area contributed by atoms with Crippen LogP contribution in [-0.2, 0) is 4.79 Å². The number of carbonyl (C=O) groups excluding carboxylic acids is 1. The summed E-state index contributed by atoms with van der Waals surface area (Å²) in [7, 11) is 0. The number of hydrazine groups is 1. The molecular formula is C6H13N3O. The van der Waals surface area contributed by atoms with Gasteiger partial charge in [-0.25, -0.2) is 0 Å². The van der Waals surface area contributed by atoms with Gasteiger partial charge in [0.1, 0.15) is 0 Å². The average molecular weight is 143 g/mol. The molecule has 0 atom stereocenters. The van der Waals surface area contributed by atoms with Crippen molar-refractivity contribution in [1.29, 1.82) is 0 Å². The van der Waals surface area contributed by atoms with E-state index in [1.807, 2.05) is 0 Å². The number of nitrogens with one attached hydrogen (secondary N) is 2. The van der Waals surface area contributed by atoms with E-state index in [0.29, 0.717) is 0 Å². The first kappa shape index (κ1) is 7.50. The van der Waals surface area contributed by atoms with Gasteiger partial charge >= 0.3 is 0 Å². The number of hydrogen-bond donors (Lipinski definition) is 3. The van der Waals surface area contributed by atoms with Crippen molar-refractivity contribution in [2.24, 2.45) is 11.7 Å². The minimum atomic E-state index is -0.175. The fraction of sp³-hybridized carbons (Fsp3) is 0.833. The minimum Gasteiger partial charge on any atom is -0.369 e. The van der Waals surface area contributed by atoms with E-state index < -0.39 is 0 Å². The second-order valence-corrected chi connectivity index (χ2v) is 2.53. The molecule has 0 aromatic carbocycles. The zero-order valence-electron chi connectivity index (χ0n) is 5.89. The molecule has 0 spiro atoms. The molecule has 4 N–H and O–H groups in total. The maximum Gasteiger partial charge on any atom is 0.220 e. The number of carbonyl (C=O) groups is 1. The summed E-state index contributed by atoms with van der Waals surface area (Å²) in [4.78, 5) is 10.7. The fourth-order valence-corrected chi connectivity index (χ4v) is 1.10. The normalized spacial score (nSPS) is 22.0. The molecule has 1 aliphatic heterocycles. The lowest BCUT2D eigenvalue weighted by atomic mass is 10.0. The highest BCUT2D eigenvalue weighted by atomic mass is 16.1. The number of amides is 1. The number of nitrogens with two attached hydrogens (primary N) is 1. The smallest absolute Gasteiger partial charge is 0.220 e. The Morgan fingerprint density at radius 1 is 1.30 bits per heavy atom.